The molecule has 0 N–H and O–H groups in total. The van der Waals surface area contributed by atoms with Crippen LogP contribution < -0.4 is 4.74 Å². The topological polar surface area (TPSA) is 54.8 Å². The molecule has 23 heavy (non-hydrogen) atoms. The maximum atomic E-state index is 8.79. The zero-order chi connectivity index (χ0) is 14.5. The number of hydrogen-bond acceptors (Lipinski definition) is 4. The van der Waals surface area contributed by atoms with Crippen LogP contribution in [0.5, 0.6) is 5.75 Å². The first kappa shape index (κ1) is 18.7. The second-order valence-electron chi connectivity index (χ2n) is 4.80. The number of nitriles is 1. The summed E-state index contributed by atoms with van der Waals surface area (Å²) in [6, 6.07) is 17.4. The number of rotatable bonds is 6. The summed E-state index contributed by atoms with van der Waals surface area (Å²) in [5.41, 5.74) is 2.82. The van der Waals surface area contributed by atoms with Crippen LogP contribution in [0.1, 0.15) is 20.4 Å². The van der Waals surface area contributed by atoms with Gasteiger partial charge in [-0.3, -0.25) is 0 Å². The first-order valence-electron chi connectivity index (χ1n) is 6.78. The molecular weight excluding hydrogens is 290 g/mol. The Hall–Kier alpha value is -2.35. The van der Waals surface area contributed by atoms with Crippen LogP contribution in [-0.2, 0) is 9.47 Å². The van der Waals surface area contributed by atoms with E-state index in [9.17, 15) is 0 Å². The third-order valence-electron chi connectivity index (χ3n) is 3.22. The molecular formula is C19H23NO3. The highest BCUT2D eigenvalue weighted by Crippen LogP contribution is 2.22. The van der Waals surface area contributed by atoms with E-state index in [-0.39, 0.29) is 27.8 Å². The summed E-state index contributed by atoms with van der Waals surface area (Å²) in [7, 11) is 0. The maximum absolute atomic E-state index is 8.79. The van der Waals surface area contributed by atoms with Crippen LogP contribution in [-0.4, -0.2) is 26.1 Å². The fourth-order valence-electron chi connectivity index (χ4n) is 1.93. The molecule has 4 heteroatoms. The van der Waals surface area contributed by atoms with Crippen molar-refractivity contribution in [3.05, 3.63) is 54.1 Å². The Labute approximate surface area is 138 Å². The van der Waals surface area contributed by atoms with Crippen LogP contribution in [0.25, 0.3) is 11.1 Å². The number of hydrogen-bond donors (Lipinski definition) is 0. The Kier molecular flexibility index (Phi) is 7.27. The number of benzene rings is 2. The van der Waals surface area contributed by atoms with Crippen molar-refractivity contribution in [1.29, 1.82) is 5.26 Å². The molecule has 0 saturated carbocycles. The molecule has 0 bridgehead atoms. The monoisotopic (exact) mass is 313 g/mol. The van der Waals surface area contributed by atoms with Crippen LogP contribution in [0, 0.1) is 11.3 Å². The summed E-state index contributed by atoms with van der Waals surface area (Å²) in [5, 5.41) is 8.79. The lowest BCUT2D eigenvalue weighted by Gasteiger charge is -2.07. The van der Waals surface area contributed by atoms with Crippen molar-refractivity contribution in [1.82, 2.24) is 0 Å². The van der Waals surface area contributed by atoms with Crippen LogP contribution in [0.15, 0.2) is 48.5 Å². The van der Waals surface area contributed by atoms with Gasteiger partial charge in [-0.15, -0.1) is 0 Å². The summed E-state index contributed by atoms with van der Waals surface area (Å²) in [6.07, 6.45) is 0.257. The molecule has 1 heterocycles. The van der Waals surface area contributed by atoms with Crippen molar-refractivity contribution in [2.75, 3.05) is 20.0 Å². The molecule has 0 aromatic heterocycles. The van der Waals surface area contributed by atoms with Gasteiger partial charge in [-0.2, -0.15) is 5.26 Å². The van der Waals surface area contributed by atoms with Crippen LogP contribution in [0.4, 0.5) is 0 Å². The van der Waals surface area contributed by atoms with Crippen LogP contribution >= 0.6 is 0 Å². The smallest absolute Gasteiger partial charge is 0.189 e. The highest BCUT2D eigenvalue weighted by Gasteiger charge is 2.22. The van der Waals surface area contributed by atoms with Gasteiger partial charge >= 0.3 is 0 Å². The molecule has 0 amide bonds. The Bertz CT molecular complexity index is 625. The highest BCUT2D eigenvalue weighted by molar-refractivity contribution is 5.64. The molecule has 0 spiro atoms. The van der Waals surface area contributed by atoms with Gasteiger partial charge in [0.2, 0.25) is 0 Å². The highest BCUT2D eigenvalue weighted by atomic mass is 16.7. The van der Waals surface area contributed by atoms with Gasteiger partial charge in [0.05, 0.1) is 24.8 Å². The minimum atomic E-state index is 0. The van der Waals surface area contributed by atoms with Crippen LogP contribution in [0.3, 0.4) is 0 Å². The fraction of sp³-hybridized carbons (Fsp3) is 0.316. The van der Waals surface area contributed by atoms with Crippen LogP contribution in [0.2, 0.25) is 0 Å². The van der Waals surface area contributed by atoms with Crippen molar-refractivity contribution in [3.63, 3.8) is 0 Å². The van der Waals surface area contributed by atoms with E-state index in [0.717, 1.165) is 23.5 Å². The molecule has 1 saturated heterocycles. The molecule has 122 valence electrons. The summed E-state index contributed by atoms with van der Waals surface area (Å²) in [4.78, 5) is 0. The summed E-state index contributed by atoms with van der Waals surface area (Å²) < 4.78 is 15.9. The normalized spacial score (nSPS) is 14.8. The average Bonchev–Trinajstić information content (AvgIpc) is 3.37. The summed E-state index contributed by atoms with van der Waals surface area (Å²) >= 11 is 0. The maximum Gasteiger partial charge on any atom is 0.189 e. The lowest BCUT2D eigenvalue weighted by atomic mass is 10.0. The Balaban J connectivity index is 0.00000132. The minimum Gasteiger partial charge on any atom is -0.468 e. The minimum absolute atomic E-state index is 0. The van der Waals surface area contributed by atoms with E-state index >= 15 is 0 Å². The van der Waals surface area contributed by atoms with E-state index in [4.69, 9.17) is 19.5 Å². The quantitative estimate of drug-likeness (QED) is 0.454. The number of ether oxygens (including phenoxy) is 3. The Morgan fingerprint density at radius 2 is 1.57 bits per heavy atom. The van der Waals surface area contributed by atoms with Gasteiger partial charge in [0.25, 0.3) is 0 Å². The fourth-order valence-corrected chi connectivity index (χ4v) is 1.93. The first-order chi connectivity index (χ1) is 10.3. The van der Waals surface area contributed by atoms with E-state index in [1.54, 1.807) is 0 Å². The van der Waals surface area contributed by atoms with E-state index in [0.29, 0.717) is 12.2 Å². The standard InChI is InChI=1S/C17H15NO3.2CH4/c18-9-13-1-3-14(4-2-13)15-5-7-16(8-6-15)21-12-19-10-17-11-20-17;;/h1-8,17H,10-12H2;2*1H4. The average molecular weight is 313 g/mol. The van der Waals surface area contributed by atoms with Gasteiger partial charge in [0.1, 0.15) is 11.9 Å². The van der Waals surface area contributed by atoms with Crippen molar-refractivity contribution < 1.29 is 14.2 Å². The van der Waals surface area contributed by atoms with E-state index in [1.807, 2.05) is 48.5 Å². The number of nitrogens with zero attached hydrogens (tertiary/aromatic N) is 1. The molecule has 3 rings (SSSR count). The molecule has 1 unspecified atom stereocenters. The van der Waals surface area contributed by atoms with E-state index < -0.39 is 0 Å². The second-order valence-corrected chi connectivity index (χ2v) is 4.80. The van der Waals surface area contributed by atoms with Gasteiger partial charge in [-0.1, -0.05) is 39.1 Å². The largest absolute Gasteiger partial charge is 0.468 e. The summed E-state index contributed by atoms with van der Waals surface area (Å²) in [5.74, 6) is 0.768. The third kappa shape index (κ3) is 5.41. The van der Waals surface area contributed by atoms with Crippen molar-refractivity contribution in [2.24, 2.45) is 0 Å². The molecule has 1 aliphatic rings. The van der Waals surface area contributed by atoms with Crippen molar-refractivity contribution in [2.45, 2.75) is 21.0 Å². The van der Waals surface area contributed by atoms with E-state index in [1.165, 1.54) is 0 Å². The van der Waals surface area contributed by atoms with Crippen molar-refractivity contribution >= 4 is 0 Å². The summed E-state index contributed by atoms with van der Waals surface area (Å²) in [6.45, 7) is 1.61. The lowest BCUT2D eigenvalue weighted by Crippen LogP contribution is -2.07. The predicted octanol–water partition coefficient (Wildman–Crippen LogP) is 4.25. The molecule has 1 aliphatic heterocycles. The molecule has 4 nitrogen and oxygen atoms in total. The molecule has 0 aliphatic carbocycles. The zero-order valence-corrected chi connectivity index (χ0v) is 11.5. The van der Waals surface area contributed by atoms with Gasteiger partial charge in [-0.05, 0) is 35.4 Å². The Morgan fingerprint density at radius 3 is 2.09 bits per heavy atom. The molecule has 1 fully saturated rings. The zero-order valence-electron chi connectivity index (χ0n) is 11.5. The lowest BCUT2D eigenvalue weighted by molar-refractivity contribution is 0.00822. The van der Waals surface area contributed by atoms with Gasteiger partial charge in [-0.25, -0.2) is 0 Å². The van der Waals surface area contributed by atoms with E-state index in [2.05, 4.69) is 6.07 Å². The van der Waals surface area contributed by atoms with Crippen molar-refractivity contribution in [3.8, 4) is 22.9 Å². The SMILES string of the molecule is C.C.N#Cc1ccc(-c2ccc(OCOCC3CO3)cc2)cc1. The first-order valence-corrected chi connectivity index (χ1v) is 6.78. The molecule has 2 aromatic rings. The van der Waals surface area contributed by atoms with Gasteiger partial charge in [0, 0.05) is 0 Å². The second kappa shape index (κ2) is 8.94. The molecule has 0 radical (unpaired) electrons. The predicted molar refractivity (Wildman–Crippen MR) is 91.2 cm³/mol. The Morgan fingerprint density at radius 1 is 1.00 bits per heavy atom. The molecule has 1 atom stereocenters. The third-order valence-corrected chi connectivity index (χ3v) is 3.22. The van der Waals surface area contributed by atoms with Gasteiger partial charge in [0.15, 0.2) is 6.79 Å². The molecule has 2 aromatic carbocycles. The number of epoxide rings is 1. The van der Waals surface area contributed by atoms with Gasteiger partial charge < -0.3 is 14.2 Å².